The van der Waals surface area contributed by atoms with E-state index in [1.54, 1.807) is 40.7 Å². The first-order valence-corrected chi connectivity index (χ1v) is 8.40. The zero-order valence-corrected chi connectivity index (χ0v) is 13.8. The molecule has 2 aromatic heterocycles. The van der Waals surface area contributed by atoms with E-state index in [1.165, 1.54) is 16.7 Å². The van der Waals surface area contributed by atoms with Gasteiger partial charge in [-0.2, -0.15) is 0 Å². The molecular weight excluding hydrogens is 315 g/mol. The molecule has 2 heterocycles. The number of rotatable bonds is 5. The summed E-state index contributed by atoms with van der Waals surface area (Å²) >= 11 is 1.58. The number of aromatic nitrogens is 4. The van der Waals surface area contributed by atoms with Gasteiger partial charge < -0.3 is 0 Å². The van der Waals surface area contributed by atoms with E-state index in [2.05, 4.69) is 24.0 Å². The molecule has 0 bridgehead atoms. The molecule has 0 fully saturated rings. The minimum absolute atomic E-state index is 0.240. The fourth-order valence-electron chi connectivity index (χ4n) is 2.18. The molecule has 0 saturated carbocycles. The zero-order valence-electron chi connectivity index (χ0n) is 12.9. The number of fused-ring (bicyclic) bond motifs is 1. The lowest BCUT2D eigenvalue weighted by Crippen LogP contribution is -2.20. The number of thioether (sulfide) groups is 1. The summed E-state index contributed by atoms with van der Waals surface area (Å²) in [7, 11) is 0. The van der Waals surface area contributed by atoms with E-state index >= 15 is 0 Å². The minimum Gasteiger partial charge on any atom is -0.279 e. The molecule has 3 rings (SSSR count). The molecule has 0 spiro atoms. The summed E-state index contributed by atoms with van der Waals surface area (Å²) in [5.74, 6) is 1.15. The van der Waals surface area contributed by atoms with Gasteiger partial charge >= 0.3 is 5.56 Å². The average Bonchev–Trinajstić information content (AvgIpc) is 2.91. The van der Waals surface area contributed by atoms with Crippen LogP contribution in [0.15, 0.2) is 46.6 Å². The van der Waals surface area contributed by atoms with Gasteiger partial charge in [-0.3, -0.25) is 13.8 Å². The summed E-state index contributed by atoms with van der Waals surface area (Å²) in [6.45, 7) is 4.33. The van der Waals surface area contributed by atoms with Crippen LogP contribution in [-0.4, -0.2) is 24.9 Å². The van der Waals surface area contributed by atoms with Crippen LogP contribution in [0.2, 0.25) is 0 Å². The molecule has 0 atom stereocenters. The Morgan fingerprint density at radius 2 is 2.09 bits per heavy atom. The number of hydrogen-bond donors (Lipinski definition) is 0. The van der Waals surface area contributed by atoms with E-state index in [1.807, 2.05) is 0 Å². The molecule has 7 heteroatoms. The Bertz CT molecular complexity index is 887. The van der Waals surface area contributed by atoms with Gasteiger partial charge in [0.1, 0.15) is 5.82 Å². The van der Waals surface area contributed by atoms with Crippen molar-refractivity contribution in [2.24, 2.45) is 5.92 Å². The monoisotopic (exact) mass is 332 g/mol. The van der Waals surface area contributed by atoms with E-state index in [9.17, 15) is 9.18 Å². The van der Waals surface area contributed by atoms with Crippen molar-refractivity contribution < 1.29 is 4.39 Å². The second kappa shape index (κ2) is 6.54. The third kappa shape index (κ3) is 3.29. The highest BCUT2D eigenvalue weighted by atomic mass is 32.2. The van der Waals surface area contributed by atoms with E-state index in [0.717, 1.165) is 12.2 Å². The lowest BCUT2D eigenvalue weighted by Gasteiger charge is -2.06. The highest BCUT2D eigenvalue weighted by Crippen LogP contribution is 2.18. The Hall–Kier alpha value is -2.15. The fourth-order valence-corrected chi connectivity index (χ4v) is 3.34. The van der Waals surface area contributed by atoms with Gasteiger partial charge in [-0.1, -0.05) is 31.7 Å². The van der Waals surface area contributed by atoms with Crippen LogP contribution < -0.4 is 5.56 Å². The molecule has 0 saturated heterocycles. The van der Waals surface area contributed by atoms with Crippen LogP contribution >= 0.6 is 11.8 Å². The second-order valence-corrected chi connectivity index (χ2v) is 6.72. The summed E-state index contributed by atoms with van der Waals surface area (Å²) in [4.78, 5) is 12.5. The lowest BCUT2D eigenvalue weighted by atomic mass is 10.2. The maximum atomic E-state index is 13.4. The Kier molecular flexibility index (Phi) is 4.47. The van der Waals surface area contributed by atoms with Gasteiger partial charge in [0.15, 0.2) is 5.16 Å². The Balaban J connectivity index is 1.96. The topological polar surface area (TPSA) is 52.2 Å². The van der Waals surface area contributed by atoms with Crippen LogP contribution in [0.4, 0.5) is 4.39 Å². The fraction of sp³-hybridized carbons (Fsp3) is 0.312. The first-order valence-electron chi connectivity index (χ1n) is 7.41. The van der Waals surface area contributed by atoms with E-state index in [4.69, 9.17) is 0 Å². The maximum absolute atomic E-state index is 13.4. The molecule has 0 aliphatic heterocycles. The van der Waals surface area contributed by atoms with Crippen LogP contribution in [-0.2, 0) is 0 Å². The van der Waals surface area contributed by atoms with Crippen LogP contribution in [0.3, 0.4) is 0 Å². The second-order valence-electron chi connectivity index (χ2n) is 5.66. The first-order chi connectivity index (χ1) is 11.1. The highest BCUT2D eigenvalue weighted by Gasteiger charge is 2.12. The normalized spacial score (nSPS) is 11.5. The van der Waals surface area contributed by atoms with Gasteiger partial charge in [0.05, 0.1) is 5.69 Å². The average molecular weight is 332 g/mol. The van der Waals surface area contributed by atoms with Gasteiger partial charge in [-0.25, -0.2) is 4.39 Å². The quantitative estimate of drug-likeness (QED) is 0.674. The summed E-state index contributed by atoms with van der Waals surface area (Å²) in [6, 6.07) is 5.90. The molecule has 0 aliphatic carbocycles. The number of nitrogens with zero attached hydrogens (tertiary/aromatic N) is 4. The van der Waals surface area contributed by atoms with Crippen molar-refractivity contribution in [3.63, 3.8) is 0 Å². The van der Waals surface area contributed by atoms with Gasteiger partial charge in [-0.15, -0.1) is 10.2 Å². The van der Waals surface area contributed by atoms with Crippen molar-refractivity contribution in [2.45, 2.75) is 25.4 Å². The van der Waals surface area contributed by atoms with Crippen LogP contribution in [0, 0.1) is 11.7 Å². The molecule has 0 N–H and O–H groups in total. The molecule has 0 unspecified atom stereocenters. The van der Waals surface area contributed by atoms with Crippen LogP contribution in [0.25, 0.3) is 11.3 Å². The van der Waals surface area contributed by atoms with Crippen molar-refractivity contribution in [2.75, 3.05) is 5.75 Å². The molecule has 1 aromatic carbocycles. The smallest absolute Gasteiger partial charge is 0.279 e. The van der Waals surface area contributed by atoms with Crippen LogP contribution in [0.1, 0.15) is 20.3 Å². The van der Waals surface area contributed by atoms with Crippen molar-refractivity contribution in [1.82, 2.24) is 19.2 Å². The van der Waals surface area contributed by atoms with Crippen molar-refractivity contribution in [3.8, 4) is 5.69 Å². The lowest BCUT2D eigenvalue weighted by molar-refractivity contribution is 0.626. The minimum atomic E-state index is -0.388. The SMILES string of the molecule is CC(C)CCSc1nnc2c(=O)n(-c3cccc(F)c3)ccn12. The molecular formula is C16H17FN4OS. The van der Waals surface area contributed by atoms with Gasteiger partial charge in [-0.05, 0) is 30.5 Å². The highest BCUT2D eigenvalue weighted by molar-refractivity contribution is 7.99. The Morgan fingerprint density at radius 1 is 1.26 bits per heavy atom. The van der Waals surface area contributed by atoms with Crippen molar-refractivity contribution in [3.05, 3.63) is 52.8 Å². The van der Waals surface area contributed by atoms with Crippen molar-refractivity contribution >= 4 is 17.4 Å². The third-order valence-electron chi connectivity index (χ3n) is 3.45. The van der Waals surface area contributed by atoms with Gasteiger partial charge in [0, 0.05) is 18.1 Å². The van der Waals surface area contributed by atoms with Crippen molar-refractivity contribution in [1.29, 1.82) is 0 Å². The predicted molar refractivity (Wildman–Crippen MR) is 88.7 cm³/mol. The summed E-state index contributed by atoms with van der Waals surface area (Å²) in [5.41, 5.74) is 0.389. The molecule has 5 nitrogen and oxygen atoms in total. The summed E-state index contributed by atoms with van der Waals surface area (Å²) in [5, 5.41) is 8.78. The summed E-state index contributed by atoms with van der Waals surface area (Å²) in [6.07, 6.45) is 4.42. The zero-order chi connectivity index (χ0) is 16.4. The molecule has 0 radical (unpaired) electrons. The van der Waals surface area contributed by atoms with Gasteiger partial charge in [0.2, 0.25) is 5.65 Å². The molecule has 0 amide bonds. The predicted octanol–water partition coefficient (Wildman–Crippen LogP) is 3.16. The Morgan fingerprint density at radius 3 is 2.83 bits per heavy atom. The van der Waals surface area contributed by atoms with E-state index < -0.39 is 0 Å². The maximum Gasteiger partial charge on any atom is 0.300 e. The Labute approximate surface area is 137 Å². The van der Waals surface area contributed by atoms with E-state index in [0.29, 0.717) is 16.8 Å². The number of halogens is 1. The number of hydrogen-bond acceptors (Lipinski definition) is 4. The molecule has 0 aliphatic rings. The molecule has 3 aromatic rings. The standard InChI is InChI=1S/C16H17FN4OS/c1-11(2)6-9-23-16-19-18-14-15(22)20(7-8-21(14)16)13-5-3-4-12(17)10-13/h3-5,7-8,10-11H,6,9H2,1-2H3. The molecule has 120 valence electrons. The largest absolute Gasteiger partial charge is 0.300 e. The number of benzene rings is 1. The van der Waals surface area contributed by atoms with Gasteiger partial charge in [0.25, 0.3) is 0 Å². The summed E-state index contributed by atoms with van der Waals surface area (Å²) < 4.78 is 16.4. The van der Waals surface area contributed by atoms with Crippen LogP contribution in [0.5, 0.6) is 0 Å². The first kappa shape index (κ1) is 15.7. The third-order valence-corrected chi connectivity index (χ3v) is 4.43. The van der Waals surface area contributed by atoms with E-state index in [-0.39, 0.29) is 17.0 Å². The molecule has 23 heavy (non-hydrogen) atoms.